The van der Waals surface area contributed by atoms with Crippen molar-refractivity contribution in [1.82, 2.24) is 9.97 Å². The Labute approximate surface area is 190 Å². The Kier molecular flexibility index (Phi) is 15.0. The van der Waals surface area contributed by atoms with E-state index in [1.165, 1.54) is 12.1 Å². The molecule has 1 aromatic carbocycles. The summed E-state index contributed by atoms with van der Waals surface area (Å²) in [5, 5.41) is 0. The highest BCUT2D eigenvalue weighted by molar-refractivity contribution is 7.97. The molecule has 0 radical (unpaired) electrons. The molecule has 0 amide bonds. The fourth-order valence-electron chi connectivity index (χ4n) is 2.43. The van der Waals surface area contributed by atoms with Gasteiger partial charge in [-0.1, -0.05) is 32.6 Å². The molecule has 5 nitrogen and oxygen atoms in total. The summed E-state index contributed by atoms with van der Waals surface area (Å²) >= 11 is 1.75. The molecule has 0 saturated carbocycles. The summed E-state index contributed by atoms with van der Waals surface area (Å²) in [7, 11) is 0. The largest absolute Gasteiger partial charge is 0.400 e. The van der Waals surface area contributed by atoms with Crippen molar-refractivity contribution in [3.8, 4) is 12.8 Å². The molecule has 0 fully saturated rings. The monoisotopic (exact) mass is 441 g/mol. The van der Waals surface area contributed by atoms with E-state index >= 15 is 0 Å². The maximum atomic E-state index is 12.9. The summed E-state index contributed by atoms with van der Waals surface area (Å²) in [6, 6.07) is 6.31. The van der Waals surface area contributed by atoms with Gasteiger partial charge in [0.2, 0.25) is 0 Å². The molecule has 2 heterocycles. The first-order valence-corrected chi connectivity index (χ1v) is 11.3. The molecule has 0 atom stereocenters. The number of nitrogens with two attached hydrogens (primary N) is 1. The second kappa shape index (κ2) is 16.7. The van der Waals surface area contributed by atoms with Crippen molar-refractivity contribution in [2.75, 3.05) is 30.5 Å². The van der Waals surface area contributed by atoms with Crippen LogP contribution < -0.4 is 10.6 Å². The van der Waals surface area contributed by atoms with Gasteiger partial charge in [0, 0.05) is 24.0 Å². The number of halogens is 1. The molecule has 1 aromatic heterocycles. The van der Waals surface area contributed by atoms with Crippen LogP contribution in [0.5, 0.6) is 0 Å². The van der Waals surface area contributed by atoms with Crippen LogP contribution in [0.4, 0.5) is 10.2 Å². The normalized spacial score (nSPS) is 12.2. The van der Waals surface area contributed by atoms with Crippen molar-refractivity contribution >= 4 is 29.9 Å². The first kappa shape index (κ1) is 27.9. The van der Waals surface area contributed by atoms with Gasteiger partial charge in [-0.25, -0.2) is 9.37 Å². The van der Waals surface area contributed by atoms with Gasteiger partial charge in [0.15, 0.2) is 0 Å². The van der Waals surface area contributed by atoms with Gasteiger partial charge < -0.3 is 10.6 Å². The molecule has 0 unspecified atom stereocenters. The molecule has 7 heteroatoms. The van der Waals surface area contributed by atoms with E-state index < -0.39 is 0 Å². The minimum atomic E-state index is -0.246. The second-order valence-corrected chi connectivity index (χ2v) is 6.73. The molecule has 2 aromatic rings. The van der Waals surface area contributed by atoms with E-state index in [2.05, 4.69) is 34.4 Å². The van der Waals surface area contributed by atoms with Gasteiger partial charge in [-0.3, -0.25) is 9.98 Å². The first-order chi connectivity index (χ1) is 15.1. The second-order valence-electron chi connectivity index (χ2n) is 5.92. The Morgan fingerprint density at radius 2 is 1.81 bits per heavy atom. The number of thioether (sulfide) groups is 1. The fourth-order valence-corrected chi connectivity index (χ4v) is 2.43. The quantitative estimate of drug-likeness (QED) is 0.532. The zero-order valence-electron chi connectivity index (χ0n) is 18.8. The van der Waals surface area contributed by atoms with Crippen molar-refractivity contribution in [2.24, 2.45) is 10.7 Å². The molecule has 0 saturated heterocycles. The van der Waals surface area contributed by atoms with Crippen LogP contribution >= 0.6 is 11.8 Å². The van der Waals surface area contributed by atoms with Gasteiger partial charge in [0.1, 0.15) is 11.6 Å². The average molecular weight is 442 g/mol. The molecule has 1 aliphatic heterocycles. The van der Waals surface area contributed by atoms with E-state index in [9.17, 15) is 4.39 Å². The molecule has 0 bridgehead atoms. The summed E-state index contributed by atoms with van der Waals surface area (Å²) < 4.78 is 12.9. The summed E-state index contributed by atoms with van der Waals surface area (Å²) in [6.07, 6.45) is 18.9. The molecular weight excluding hydrogens is 409 g/mol. The van der Waals surface area contributed by atoms with Gasteiger partial charge in [0.05, 0.1) is 31.2 Å². The molecule has 2 N–H and O–H groups in total. The molecule has 0 spiro atoms. The van der Waals surface area contributed by atoms with Crippen molar-refractivity contribution < 1.29 is 4.39 Å². The third-order valence-corrected chi connectivity index (χ3v) is 3.74. The van der Waals surface area contributed by atoms with E-state index in [0.29, 0.717) is 19.6 Å². The zero-order chi connectivity index (χ0) is 23.6. The molecular formula is C24H32FN5S. The summed E-state index contributed by atoms with van der Waals surface area (Å²) in [5.74, 6) is 0.515. The number of benzene rings is 1. The SMILES string of the molecule is C#C.C=Cc1cncc(N2CC(N)=C(C=NCc3ccc(F)cc3)C2)n1.CC.CSC. The lowest BCUT2D eigenvalue weighted by Gasteiger charge is -2.16. The van der Waals surface area contributed by atoms with Crippen molar-refractivity contribution in [2.45, 2.75) is 20.4 Å². The third kappa shape index (κ3) is 9.96. The van der Waals surface area contributed by atoms with E-state index in [-0.39, 0.29) is 5.82 Å². The summed E-state index contributed by atoms with van der Waals surface area (Å²) in [5.41, 5.74) is 9.51. The maximum Gasteiger partial charge on any atom is 0.148 e. The van der Waals surface area contributed by atoms with Crippen LogP contribution in [0.1, 0.15) is 25.1 Å². The van der Waals surface area contributed by atoms with Crippen LogP contribution in [0.15, 0.2) is 59.5 Å². The van der Waals surface area contributed by atoms with Crippen molar-refractivity contribution in [3.63, 3.8) is 0 Å². The van der Waals surface area contributed by atoms with Crippen LogP contribution in [0.3, 0.4) is 0 Å². The van der Waals surface area contributed by atoms with Gasteiger partial charge in [0.25, 0.3) is 0 Å². The van der Waals surface area contributed by atoms with Crippen LogP contribution in [0.25, 0.3) is 6.08 Å². The highest BCUT2D eigenvalue weighted by Crippen LogP contribution is 2.19. The lowest BCUT2D eigenvalue weighted by molar-refractivity contribution is 0.627. The minimum Gasteiger partial charge on any atom is -0.400 e. The number of nitrogens with zero attached hydrogens (tertiary/aromatic N) is 4. The highest BCUT2D eigenvalue weighted by atomic mass is 32.2. The van der Waals surface area contributed by atoms with Crippen molar-refractivity contribution in [1.29, 1.82) is 0 Å². The molecule has 166 valence electrons. The molecule has 31 heavy (non-hydrogen) atoms. The number of hydrogen-bond acceptors (Lipinski definition) is 6. The first-order valence-electron chi connectivity index (χ1n) is 9.72. The number of anilines is 1. The number of rotatable bonds is 5. The minimum absolute atomic E-state index is 0.246. The summed E-state index contributed by atoms with van der Waals surface area (Å²) in [6.45, 7) is 9.41. The molecule has 1 aliphatic rings. The number of hydrogen-bond donors (Lipinski definition) is 1. The Morgan fingerprint density at radius 1 is 1.19 bits per heavy atom. The smallest absolute Gasteiger partial charge is 0.148 e. The predicted molar refractivity (Wildman–Crippen MR) is 135 cm³/mol. The van der Waals surface area contributed by atoms with Crippen molar-refractivity contribution in [3.05, 3.63) is 71.6 Å². The molecule has 0 aliphatic carbocycles. The predicted octanol–water partition coefficient (Wildman–Crippen LogP) is 4.82. The third-order valence-electron chi connectivity index (χ3n) is 3.74. The number of aliphatic imine (C=N–C) groups is 1. The van der Waals surface area contributed by atoms with Crippen LogP contribution in [-0.4, -0.2) is 41.8 Å². The van der Waals surface area contributed by atoms with E-state index in [1.54, 1.807) is 48.6 Å². The number of terminal acetylenes is 1. The Bertz CT molecular complexity index is 860. The average Bonchev–Trinajstić information content (AvgIpc) is 3.19. The van der Waals surface area contributed by atoms with Crippen LogP contribution in [-0.2, 0) is 6.54 Å². The summed E-state index contributed by atoms with van der Waals surface area (Å²) in [4.78, 5) is 15.1. The van der Waals surface area contributed by atoms with E-state index in [0.717, 1.165) is 28.3 Å². The van der Waals surface area contributed by atoms with Gasteiger partial charge >= 0.3 is 0 Å². The lowest BCUT2D eigenvalue weighted by atomic mass is 10.2. The van der Waals surface area contributed by atoms with Gasteiger partial charge in [-0.05, 0) is 36.3 Å². The lowest BCUT2D eigenvalue weighted by Crippen LogP contribution is -2.23. The van der Waals surface area contributed by atoms with Crippen LogP contribution in [0, 0.1) is 18.7 Å². The van der Waals surface area contributed by atoms with E-state index in [4.69, 9.17) is 5.73 Å². The zero-order valence-corrected chi connectivity index (χ0v) is 19.6. The highest BCUT2D eigenvalue weighted by Gasteiger charge is 2.20. The molecule has 3 rings (SSSR count). The standard InChI is InChI=1S/C18H18FN5.C2H6S.C2H6.C2H2/c1-2-16-9-22-10-18(23-16)24-11-14(17(20)12-24)8-21-7-13-3-5-15(19)6-4-13;1-3-2;2*1-2/h2-6,8-10H,1,7,11-12,20H2;1-2H3;1-2H3;1-2H. The number of aromatic nitrogens is 2. The topological polar surface area (TPSA) is 67.4 Å². The Hall–Kier alpha value is -3.11. The Morgan fingerprint density at radius 3 is 2.39 bits per heavy atom. The maximum absolute atomic E-state index is 12.9. The van der Waals surface area contributed by atoms with Crippen LogP contribution in [0.2, 0.25) is 0 Å². The van der Waals surface area contributed by atoms with Gasteiger partial charge in [-0.15, -0.1) is 12.8 Å². The van der Waals surface area contributed by atoms with Gasteiger partial charge in [-0.2, -0.15) is 11.8 Å². The Balaban J connectivity index is 0.00000116. The fraction of sp³-hybridized carbons (Fsp3) is 0.292. The van der Waals surface area contributed by atoms with E-state index in [1.807, 2.05) is 31.3 Å².